The van der Waals surface area contributed by atoms with E-state index in [1.165, 1.54) is 40.6 Å². The molecule has 0 aliphatic rings. The zero-order valence-electron chi connectivity index (χ0n) is 23.1. The second kappa shape index (κ2) is 13.1. The van der Waals surface area contributed by atoms with Crippen molar-refractivity contribution in [2.24, 2.45) is 0 Å². The predicted octanol–water partition coefficient (Wildman–Crippen LogP) is 8.38. The smallest absolute Gasteiger partial charge is 0.341 e. The van der Waals surface area contributed by atoms with Gasteiger partial charge >= 0.3 is 5.97 Å². The lowest BCUT2D eigenvalue weighted by atomic mass is 10.0. The van der Waals surface area contributed by atoms with Crippen molar-refractivity contribution in [1.29, 1.82) is 0 Å². The molecule has 0 aliphatic heterocycles. The number of carbonyl (C=O) groups is 2. The number of halogens is 1. The number of aromatic nitrogens is 3. The topological polar surface area (TPSA) is 86.1 Å². The van der Waals surface area contributed by atoms with Crippen LogP contribution in [0.2, 0.25) is 5.02 Å². The SMILES string of the molecule is C=CCn1c(SCC(=O)Nc2scc(-c3ccc(Cl)cc3)c2C(=O)OC)nnc1-c1csc(C)c1-c1ccc(C)cc1. The van der Waals surface area contributed by atoms with Gasteiger partial charge in [0.1, 0.15) is 10.6 Å². The van der Waals surface area contributed by atoms with Crippen LogP contribution in [0.4, 0.5) is 5.00 Å². The molecule has 0 atom stereocenters. The summed E-state index contributed by atoms with van der Waals surface area (Å²) in [5.74, 6) is -0.0278. The molecule has 42 heavy (non-hydrogen) atoms. The number of thioether (sulfide) groups is 1. The van der Waals surface area contributed by atoms with E-state index in [0.29, 0.717) is 32.9 Å². The van der Waals surface area contributed by atoms with Crippen LogP contribution in [-0.2, 0) is 16.1 Å². The van der Waals surface area contributed by atoms with Gasteiger partial charge in [-0.3, -0.25) is 9.36 Å². The van der Waals surface area contributed by atoms with E-state index in [4.69, 9.17) is 16.3 Å². The molecule has 3 heterocycles. The number of benzene rings is 2. The van der Waals surface area contributed by atoms with Gasteiger partial charge < -0.3 is 10.1 Å². The maximum Gasteiger partial charge on any atom is 0.341 e. The number of rotatable bonds is 10. The summed E-state index contributed by atoms with van der Waals surface area (Å²) in [7, 11) is 1.32. The highest BCUT2D eigenvalue weighted by Crippen LogP contribution is 2.40. The largest absolute Gasteiger partial charge is 0.465 e. The Bertz CT molecular complexity index is 1760. The minimum absolute atomic E-state index is 0.0670. The van der Waals surface area contributed by atoms with Crippen LogP contribution in [0.25, 0.3) is 33.6 Å². The van der Waals surface area contributed by atoms with Crippen LogP contribution in [0, 0.1) is 13.8 Å². The van der Waals surface area contributed by atoms with Crippen molar-refractivity contribution in [1.82, 2.24) is 14.8 Å². The number of hydrogen-bond acceptors (Lipinski definition) is 8. The summed E-state index contributed by atoms with van der Waals surface area (Å²) in [5, 5.41) is 17.4. The van der Waals surface area contributed by atoms with Gasteiger partial charge in [-0.2, -0.15) is 0 Å². The summed E-state index contributed by atoms with van der Waals surface area (Å²) in [6.45, 7) is 8.56. The zero-order valence-corrected chi connectivity index (χ0v) is 26.3. The van der Waals surface area contributed by atoms with Crippen LogP contribution in [0.15, 0.2) is 77.1 Å². The molecule has 1 amide bonds. The number of nitrogens with one attached hydrogen (secondary N) is 1. The predicted molar refractivity (Wildman–Crippen MR) is 174 cm³/mol. The molecule has 0 bridgehead atoms. The molecule has 5 aromatic rings. The molecule has 3 aromatic heterocycles. The normalized spacial score (nSPS) is 11.0. The van der Waals surface area contributed by atoms with Gasteiger partial charge in [-0.25, -0.2) is 4.79 Å². The molecular formula is C31H27ClN4O3S3. The first-order valence-electron chi connectivity index (χ1n) is 12.9. The molecule has 0 saturated heterocycles. The third kappa shape index (κ3) is 6.22. The molecule has 0 aliphatic carbocycles. The van der Waals surface area contributed by atoms with Gasteiger partial charge in [0, 0.05) is 43.9 Å². The van der Waals surface area contributed by atoms with Crippen molar-refractivity contribution in [3.8, 4) is 33.6 Å². The lowest BCUT2D eigenvalue weighted by molar-refractivity contribution is -0.113. The molecule has 0 saturated carbocycles. The molecule has 0 unspecified atom stereocenters. The van der Waals surface area contributed by atoms with Crippen LogP contribution in [0.5, 0.6) is 0 Å². The van der Waals surface area contributed by atoms with Crippen molar-refractivity contribution in [3.05, 3.63) is 93.0 Å². The van der Waals surface area contributed by atoms with E-state index in [1.807, 2.05) is 22.1 Å². The molecule has 11 heteroatoms. The molecule has 7 nitrogen and oxygen atoms in total. The number of anilines is 1. The van der Waals surface area contributed by atoms with Crippen LogP contribution in [0.1, 0.15) is 20.8 Å². The Morgan fingerprint density at radius 1 is 1.02 bits per heavy atom. The van der Waals surface area contributed by atoms with E-state index in [2.05, 4.69) is 65.6 Å². The standard InChI is InChI=1S/C31H27ClN4O3S3/c1-5-14-36-28(24-16-40-19(3)26(24)21-8-6-18(2)7-9-21)34-35-31(36)42-17-25(37)33-29-27(30(38)39-4)23(15-41-29)20-10-12-22(32)13-11-20/h5-13,15-16H,1,14,17H2,2-4H3,(H,33,37). The average Bonchev–Trinajstić information content (AvgIpc) is 3.69. The number of thiophene rings is 2. The first-order chi connectivity index (χ1) is 20.3. The fourth-order valence-corrected chi connectivity index (χ4v) is 7.19. The van der Waals surface area contributed by atoms with Crippen LogP contribution in [0.3, 0.4) is 0 Å². The first kappa shape index (κ1) is 29.8. The number of ether oxygens (including phenoxy) is 1. The third-order valence-corrected chi connectivity index (χ3v) is 9.53. The molecule has 0 fully saturated rings. The zero-order chi connectivity index (χ0) is 29.8. The summed E-state index contributed by atoms with van der Waals surface area (Å²) in [4.78, 5) is 27.0. The van der Waals surface area contributed by atoms with Gasteiger partial charge in [0.2, 0.25) is 5.91 Å². The highest BCUT2D eigenvalue weighted by Gasteiger charge is 2.24. The number of esters is 1. The Kier molecular flexibility index (Phi) is 9.27. The Morgan fingerprint density at radius 3 is 2.40 bits per heavy atom. The second-order valence-electron chi connectivity index (χ2n) is 9.34. The quantitative estimate of drug-likeness (QED) is 0.0943. The molecular weight excluding hydrogens is 608 g/mol. The number of nitrogens with zero attached hydrogens (tertiary/aromatic N) is 3. The summed E-state index contributed by atoms with van der Waals surface area (Å²) >= 11 is 10.2. The molecule has 0 spiro atoms. The minimum atomic E-state index is -0.532. The number of hydrogen-bond donors (Lipinski definition) is 1. The van der Waals surface area contributed by atoms with Crippen LogP contribution < -0.4 is 5.32 Å². The lowest BCUT2D eigenvalue weighted by Gasteiger charge is -2.10. The number of methoxy groups -OCH3 is 1. The number of carbonyl (C=O) groups excluding carboxylic acids is 2. The highest BCUT2D eigenvalue weighted by atomic mass is 35.5. The Hall–Kier alpha value is -3.70. The Balaban J connectivity index is 1.37. The van der Waals surface area contributed by atoms with Gasteiger partial charge in [0.25, 0.3) is 0 Å². The van der Waals surface area contributed by atoms with Crippen molar-refractivity contribution in [3.63, 3.8) is 0 Å². The number of aryl methyl sites for hydroxylation is 2. The van der Waals surface area contributed by atoms with E-state index in [9.17, 15) is 9.59 Å². The summed E-state index contributed by atoms with van der Waals surface area (Å²) in [6.07, 6.45) is 1.79. The fraction of sp³-hybridized carbons (Fsp3) is 0.161. The molecule has 0 radical (unpaired) electrons. The minimum Gasteiger partial charge on any atom is -0.465 e. The maximum absolute atomic E-state index is 13.1. The van der Waals surface area contributed by atoms with Gasteiger partial charge in [-0.05, 0) is 37.1 Å². The van der Waals surface area contributed by atoms with Crippen molar-refractivity contribution < 1.29 is 14.3 Å². The molecule has 5 rings (SSSR count). The highest BCUT2D eigenvalue weighted by molar-refractivity contribution is 7.99. The lowest BCUT2D eigenvalue weighted by Crippen LogP contribution is -2.16. The van der Waals surface area contributed by atoms with Gasteiger partial charge in [0.05, 0.1) is 12.9 Å². The molecule has 214 valence electrons. The van der Waals surface area contributed by atoms with E-state index < -0.39 is 5.97 Å². The Morgan fingerprint density at radius 2 is 1.71 bits per heavy atom. The van der Waals surface area contributed by atoms with Crippen LogP contribution >= 0.6 is 46.0 Å². The van der Waals surface area contributed by atoms with Gasteiger partial charge in [-0.1, -0.05) is 71.4 Å². The number of amides is 1. The maximum atomic E-state index is 13.1. The van der Waals surface area contributed by atoms with Gasteiger partial charge in [-0.15, -0.1) is 39.4 Å². The van der Waals surface area contributed by atoms with E-state index in [0.717, 1.165) is 28.1 Å². The number of allylic oxidation sites excluding steroid dienone is 1. The fourth-order valence-electron chi connectivity index (χ4n) is 4.48. The summed E-state index contributed by atoms with van der Waals surface area (Å²) in [5.41, 5.74) is 6.19. The first-order valence-corrected chi connectivity index (χ1v) is 16.0. The van der Waals surface area contributed by atoms with E-state index >= 15 is 0 Å². The Labute approximate surface area is 261 Å². The monoisotopic (exact) mass is 634 g/mol. The average molecular weight is 635 g/mol. The van der Waals surface area contributed by atoms with Crippen molar-refractivity contribution >= 4 is 62.9 Å². The summed E-state index contributed by atoms with van der Waals surface area (Å²) in [6, 6.07) is 15.6. The van der Waals surface area contributed by atoms with Crippen molar-refractivity contribution in [2.45, 2.75) is 25.5 Å². The second-order valence-corrected chi connectivity index (χ2v) is 12.7. The van der Waals surface area contributed by atoms with Gasteiger partial charge in [0.15, 0.2) is 11.0 Å². The van der Waals surface area contributed by atoms with Crippen LogP contribution in [-0.4, -0.2) is 39.5 Å². The van der Waals surface area contributed by atoms with Crippen molar-refractivity contribution in [2.75, 3.05) is 18.2 Å². The van der Waals surface area contributed by atoms with E-state index in [-0.39, 0.29) is 11.7 Å². The third-order valence-electron chi connectivity index (χ3n) is 6.51. The molecule has 2 aromatic carbocycles. The van der Waals surface area contributed by atoms with E-state index in [1.54, 1.807) is 29.5 Å². The molecule has 1 N–H and O–H groups in total. The summed E-state index contributed by atoms with van der Waals surface area (Å²) < 4.78 is 6.99.